The van der Waals surface area contributed by atoms with Crippen molar-refractivity contribution in [2.45, 2.75) is 25.9 Å². The van der Waals surface area contributed by atoms with Gasteiger partial charge in [0.15, 0.2) is 0 Å². The molecule has 3 aromatic rings. The van der Waals surface area contributed by atoms with E-state index in [1.807, 2.05) is 0 Å². The highest BCUT2D eigenvalue weighted by Gasteiger charge is 2.24. The number of hydrogen-bond acceptors (Lipinski definition) is 3. The minimum absolute atomic E-state index is 0.289. The summed E-state index contributed by atoms with van der Waals surface area (Å²) in [6.07, 6.45) is 0. The molecule has 0 radical (unpaired) electrons. The lowest BCUT2D eigenvalue weighted by Gasteiger charge is -2.38. The molecular weight excluding hydrogens is 332 g/mol. The van der Waals surface area contributed by atoms with Crippen LogP contribution in [0.5, 0.6) is 0 Å². The molecule has 27 heavy (non-hydrogen) atoms. The molecule has 3 aromatic carbocycles. The van der Waals surface area contributed by atoms with E-state index in [9.17, 15) is 0 Å². The minimum Gasteiger partial charge on any atom is -0.377 e. The van der Waals surface area contributed by atoms with Crippen LogP contribution in [0.15, 0.2) is 66.7 Å². The fourth-order valence-corrected chi connectivity index (χ4v) is 4.02. The molecule has 1 N–H and O–H groups in total. The van der Waals surface area contributed by atoms with Crippen LogP contribution >= 0.6 is 0 Å². The zero-order chi connectivity index (χ0) is 18.6. The van der Waals surface area contributed by atoms with Crippen LogP contribution < -0.4 is 10.2 Å². The third-order valence-corrected chi connectivity index (χ3v) is 5.51. The zero-order valence-electron chi connectivity index (χ0n) is 16.2. The lowest BCUT2D eigenvalue weighted by Crippen LogP contribution is -2.50. The predicted octanol–water partition coefficient (Wildman–Crippen LogP) is 4.70. The summed E-state index contributed by atoms with van der Waals surface area (Å²) in [7, 11) is 0. The average molecular weight is 361 g/mol. The highest BCUT2D eigenvalue weighted by atomic mass is 16.5. The van der Waals surface area contributed by atoms with E-state index in [1.165, 1.54) is 27.6 Å². The van der Waals surface area contributed by atoms with Crippen molar-refractivity contribution in [3.8, 4) is 0 Å². The Morgan fingerprint density at radius 1 is 1.07 bits per heavy atom. The van der Waals surface area contributed by atoms with Crippen LogP contribution in [0.2, 0.25) is 0 Å². The Hall–Kier alpha value is -2.36. The molecule has 0 spiro atoms. The number of nitrogens with one attached hydrogen (secondary N) is 1. The van der Waals surface area contributed by atoms with E-state index in [1.54, 1.807) is 0 Å². The first kappa shape index (κ1) is 18.0. The Labute approximate surface area is 162 Å². The molecule has 1 saturated heterocycles. The van der Waals surface area contributed by atoms with Gasteiger partial charge in [0.2, 0.25) is 0 Å². The first-order valence-electron chi connectivity index (χ1n) is 9.84. The summed E-state index contributed by atoms with van der Waals surface area (Å²) in [6, 6.07) is 24.6. The van der Waals surface area contributed by atoms with Crippen molar-refractivity contribution < 1.29 is 4.74 Å². The first-order valence-corrected chi connectivity index (χ1v) is 9.84. The molecule has 3 heteroatoms. The van der Waals surface area contributed by atoms with Crippen LogP contribution in [-0.4, -0.2) is 32.3 Å². The molecule has 1 aliphatic rings. The summed E-state index contributed by atoms with van der Waals surface area (Å²) in [5.41, 5.74) is 3.95. The third-order valence-electron chi connectivity index (χ3n) is 5.51. The lowest BCUT2D eigenvalue weighted by atomic mass is 9.99. The maximum absolute atomic E-state index is 5.79. The van der Waals surface area contributed by atoms with Crippen molar-refractivity contribution in [1.29, 1.82) is 0 Å². The second-order valence-corrected chi connectivity index (χ2v) is 7.46. The van der Waals surface area contributed by atoms with Gasteiger partial charge >= 0.3 is 0 Å². The van der Waals surface area contributed by atoms with E-state index < -0.39 is 0 Å². The van der Waals surface area contributed by atoms with Gasteiger partial charge in [-0.3, -0.25) is 0 Å². The summed E-state index contributed by atoms with van der Waals surface area (Å²) < 4.78 is 5.79. The molecule has 0 saturated carbocycles. The van der Waals surface area contributed by atoms with Gasteiger partial charge in [-0.25, -0.2) is 0 Å². The predicted molar refractivity (Wildman–Crippen MR) is 113 cm³/mol. The van der Waals surface area contributed by atoms with Gasteiger partial charge < -0.3 is 15.0 Å². The van der Waals surface area contributed by atoms with Crippen molar-refractivity contribution >= 4 is 16.5 Å². The monoisotopic (exact) mass is 360 g/mol. The minimum atomic E-state index is 0.289. The molecular formula is C24H28N2O. The summed E-state index contributed by atoms with van der Waals surface area (Å²) in [6.45, 7) is 7.81. The Balaban J connectivity index is 1.49. The molecule has 2 atom stereocenters. The van der Waals surface area contributed by atoms with E-state index in [2.05, 4.69) is 90.8 Å². The fourth-order valence-electron chi connectivity index (χ4n) is 4.02. The number of morpholine rings is 1. The number of benzene rings is 3. The highest BCUT2D eigenvalue weighted by Crippen LogP contribution is 2.25. The first-order chi connectivity index (χ1) is 13.2. The number of fused-ring (bicyclic) bond motifs is 1. The summed E-state index contributed by atoms with van der Waals surface area (Å²) in [5, 5.41) is 6.38. The van der Waals surface area contributed by atoms with Gasteiger partial charge in [0.25, 0.3) is 0 Å². The van der Waals surface area contributed by atoms with Crippen molar-refractivity contribution in [1.82, 2.24) is 5.32 Å². The number of anilines is 1. The van der Waals surface area contributed by atoms with Crippen LogP contribution in [0.3, 0.4) is 0 Å². The second-order valence-electron chi connectivity index (χ2n) is 7.46. The maximum atomic E-state index is 5.79. The average Bonchev–Trinajstić information content (AvgIpc) is 2.72. The summed E-state index contributed by atoms with van der Waals surface area (Å²) in [5.74, 6) is 0. The van der Waals surface area contributed by atoms with Gasteiger partial charge in [-0.2, -0.15) is 0 Å². The third kappa shape index (κ3) is 4.00. The van der Waals surface area contributed by atoms with Gasteiger partial charge in [-0.05, 0) is 47.9 Å². The normalized spacial score (nSPS) is 18.6. The summed E-state index contributed by atoms with van der Waals surface area (Å²) in [4.78, 5) is 2.49. The van der Waals surface area contributed by atoms with Gasteiger partial charge in [0.1, 0.15) is 0 Å². The van der Waals surface area contributed by atoms with Crippen molar-refractivity contribution in [3.63, 3.8) is 0 Å². The van der Waals surface area contributed by atoms with Crippen molar-refractivity contribution in [2.75, 3.05) is 31.2 Å². The van der Waals surface area contributed by atoms with Gasteiger partial charge in [0, 0.05) is 24.8 Å². The molecule has 0 amide bonds. The molecule has 1 fully saturated rings. The van der Waals surface area contributed by atoms with Gasteiger partial charge in [-0.15, -0.1) is 0 Å². The van der Waals surface area contributed by atoms with Crippen LogP contribution in [0.25, 0.3) is 10.8 Å². The maximum Gasteiger partial charge on any atom is 0.0683 e. The van der Waals surface area contributed by atoms with E-state index in [-0.39, 0.29) is 6.04 Å². The largest absolute Gasteiger partial charge is 0.377 e. The number of rotatable bonds is 5. The molecule has 0 bridgehead atoms. The molecule has 4 rings (SSSR count). The van der Waals surface area contributed by atoms with Gasteiger partial charge in [-0.1, -0.05) is 54.6 Å². The van der Waals surface area contributed by atoms with E-state index in [4.69, 9.17) is 4.74 Å². The smallest absolute Gasteiger partial charge is 0.0683 e. The second kappa shape index (κ2) is 8.12. The SMILES string of the molecule is Cc1cccc(N2CCOCC2CN[C@H](C)c2cccc3ccccc23)c1. The van der Waals surface area contributed by atoms with Crippen molar-refractivity contribution in [2.24, 2.45) is 0 Å². The number of nitrogens with zero attached hydrogens (tertiary/aromatic N) is 1. The van der Waals surface area contributed by atoms with Gasteiger partial charge in [0.05, 0.1) is 19.3 Å². The lowest BCUT2D eigenvalue weighted by molar-refractivity contribution is 0.0930. The molecule has 1 heterocycles. The van der Waals surface area contributed by atoms with Crippen LogP contribution in [-0.2, 0) is 4.74 Å². The highest BCUT2D eigenvalue weighted by molar-refractivity contribution is 5.86. The van der Waals surface area contributed by atoms with E-state index in [0.29, 0.717) is 6.04 Å². The molecule has 140 valence electrons. The zero-order valence-corrected chi connectivity index (χ0v) is 16.2. The Bertz CT molecular complexity index is 902. The standard InChI is InChI=1S/C24H28N2O/c1-18-7-5-10-21(15-18)26-13-14-27-17-22(26)16-25-19(2)23-12-6-9-20-8-3-4-11-24(20)23/h3-12,15,19,22,25H,13-14,16-17H2,1-2H3/t19-,22?/m1/s1. The van der Waals surface area contributed by atoms with E-state index >= 15 is 0 Å². The number of aryl methyl sites for hydroxylation is 1. The Morgan fingerprint density at radius 2 is 1.89 bits per heavy atom. The molecule has 0 aliphatic carbocycles. The molecule has 0 aromatic heterocycles. The van der Waals surface area contributed by atoms with Crippen LogP contribution in [0.1, 0.15) is 24.1 Å². The fraction of sp³-hybridized carbons (Fsp3) is 0.333. The number of hydrogen-bond donors (Lipinski definition) is 1. The quantitative estimate of drug-likeness (QED) is 0.713. The molecule has 1 unspecified atom stereocenters. The Kier molecular flexibility index (Phi) is 5.42. The van der Waals surface area contributed by atoms with E-state index in [0.717, 1.165) is 26.3 Å². The van der Waals surface area contributed by atoms with Crippen LogP contribution in [0.4, 0.5) is 5.69 Å². The topological polar surface area (TPSA) is 24.5 Å². The Morgan fingerprint density at radius 3 is 2.78 bits per heavy atom. The molecule has 3 nitrogen and oxygen atoms in total. The molecule has 1 aliphatic heterocycles. The van der Waals surface area contributed by atoms with Crippen molar-refractivity contribution in [3.05, 3.63) is 77.9 Å². The summed E-state index contributed by atoms with van der Waals surface area (Å²) >= 11 is 0. The van der Waals surface area contributed by atoms with Crippen LogP contribution in [0, 0.1) is 6.92 Å². The number of ether oxygens (including phenoxy) is 1.